The minimum atomic E-state index is -0.929. The second kappa shape index (κ2) is 7.35. The number of carboxylic acid groups (broad SMARTS) is 1. The Hall–Kier alpha value is -2.11. The number of pyridine rings is 1. The van der Waals surface area contributed by atoms with Gasteiger partial charge in [0, 0.05) is 30.9 Å². The number of amides is 2. The molecule has 0 spiro atoms. The van der Waals surface area contributed by atoms with Crippen LogP contribution in [0.5, 0.6) is 0 Å². The highest BCUT2D eigenvalue weighted by molar-refractivity contribution is 5.76. The lowest BCUT2D eigenvalue weighted by molar-refractivity contribution is -0.141. The molecule has 3 N–H and O–H groups in total. The highest BCUT2D eigenvalue weighted by atomic mass is 16.4. The maximum Gasteiger partial charge on any atom is 0.315 e. The third-order valence-corrected chi connectivity index (χ3v) is 2.89. The van der Waals surface area contributed by atoms with Gasteiger partial charge in [-0.1, -0.05) is 6.07 Å². The van der Waals surface area contributed by atoms with Crippen LogP contribution in [0.2, 0.25) is 0 Å². The number of aromatic nitrogens is 1. The lowest BCUT2D eigenvalue weighted by Crippen LogP contribution is -2.45. The van der Waals surface area contributed by atoms with Gasteiger partial charge in [0.1, 0.15) is 0 Å². The molecule has 1 rings (SSSR count). The van der Waals surface area contributed by atoms with Gasteiger partial charge in [-0.2, -0.15) is 0 Å². The highest BCUT2D eigenvalue weighted by Gasteiger charge is 2.20. The van der Waals surface area contributed by atoms with Crippen LogP contribution in [-0.2, 0) is 11.2 Å². The molecule has 1 heterocycles. The number of carboxylic acids is 1. The highest BCUT2D eigenvalue weighted by Crippen LogP contribution is 2.01. The van der Waals surface area contributed by atoms with Crippen molar-refractivity contribution in [3.05, 3.63) is 30.1 Å². The van der Waals surface area contributed by atoms with E-state index in [0.717, 1.165) is 5.69 Å². The van der Waals surface area contributed by atoms with Gasteiger partial charge < -0.3 is 15.7 Å². The van der Waals surface area contributed by atoms with Crippen molar-refractivity contribution in [2.75, 3.05) is 6.54 Å². The second-order valence-electron chi connectivity index (χ2n) is 4.39. The van der Waals surface area contributed by atoms with E-state index in [1.165, 1.54) is 0 Å². The van der Waals surface area contributed by atoms with Gasteiger partial charge in [0.2, 0.25) is 0 Å². The van der Waals surface area contributed by atoms with Crippen LogP contribution in [0, 0.1) is 5.92 Å². The van der Waals surface area contributed by atoms with Crippen molar-refractivity contribution >= 4 is 12.0 Å². The lowest BCUT2D eigenvalue weighted by atomic mass is 10.0. The molecule has 0 fully saturated rings. The quantitative estimate of drug-likeness (QED) is 0.716. The Labute approximate surface area is 112 Å². The summed E-state index contributed by atoms with van der Waals surface area (Å²) < 4.78 is 0. The van der Waals surface area contributed by atoms with Crippen LogP contribution in [0.4, 0.5) is 4.79 Å². The number of aliphatic carboxylic acids is 1. The van der Waals surface area contributed by atoms with Gasteiger partial charge in [0.15, 0.2) is 0 Å². The van der Waals surface area contributed by atoms with E-state index < -0.39 is 17.9 Å². The van der Waals surface area contributed by atoms with E-state index in [0.29, 0.717) is 13.0 Å². The van der Waals surface area contributed by atoms with Gasteiger partial charge in [-0.15, -0.1) is 0 Å². The number of urea groups is 1. The van der Waals surface area contributed by atoms with Crippen molar-refractivity contribution in [3.8, 4) is 0 Å². The Morgan fingerprint density at radius 1 is 1.37 bits per heavy atom. The van der Waals surface area contributed by atoms with Crippen molar-refractivity contribution < 1.29 is 14.7 Å². The molecule has 0 aliphatic carbocycles. The van der Waals surface area contributed by atoms with Gasteiger partial charge >= 0.3 is 12.0 Å². The number of rotatable bonds is 6. The van der Waals surface area contributed by atoms with Crippen LogP contribution in [-0.4, -0.2) is 34.7 Å². The molecule has 0 bridgehead atoms. The molecule has 2 atom stereocenters. The van der Waals surface area contributed by atoms with E-state index in [9.17, 15) is 9.59 Å². The smallest absolute Gasteiger partial charge is 0.315 e. The average Bonchev–Trinajstić information content (AvgIpc) is 2.38. The summed E-state index contributed by atoms with van der Waals surface area (Å²) in [6, 6.07) is 4.82. The minimum Gasteiger partial charge on any atom is -0.481 e. The molecule has 104 valence electrons. The van der Waals surface area contributed by atoms with Crippen LogP contribution in [0.25, 0.3) is 0 Å². The first-order valence-corrected chi connectivity index (χ1v) is 6.17. The molecular formula is C13H19N3O3. The Morgan fingerprint density at radius 3 is 2.68 bits per heavy atom. The first-order chi connectivity index (χ1) is 9.00. The van der Waals surface area contributed by atoms with Crippen molar-refractivity contribution in [2.24, 2.45) is 5.92 Å². The van der Waals surface area contributed by atoms with Crippen LogP contribution in [0.1, 0.15) is 19.5 Å². The zero-order valence-corrected chi connectivity index (χ0v) is 11.1. The summed E-state index contributed by atoms with van der Waals surface area (Å²) >= 11 is 0. The summed E-state index contributed by atoms with van der Waals surface area (Å²) in [5.41, 5.74) is 0.898. The summed E-state index contributed by atoms with van der Waals surface area (Å²) in [6.07, 6.45) is 2.34. The Kier molecular flexibility index (Phi) is 5.78. The maximum atomic E-state index is 11.5. The number of nitrogens with zero attached hydrogens (tertiary/aromatic N) is 1. The largest absolute Gasteiger partial charge is 0.481 e. The monoisotopic (exact) mass is 265 g/mol. The molecule has 0 radical (unpaired) electrons. The van der Waals surface area contributed by atoms with Crippen molar-refractivity contribution in [1.82, 2.24) is 15.6 Å². The van der Waals surface area contributed by atoms with E-state index in [1.54, 1.807) is 20.0 Å². The van der Waals surface area contributed by atoms with Crippen LogP contribution in [0.15, 0.2) is 24.4 Å². The zero-order valence-electron chi connectivity index (χ0n) is 11.1. The van der Waals surface area contributed by atoms with Crippen LogP contribution >= 0.6 is 0 Å². The molecule has 1 aromatic heterocycles. The fourth-order valence-corrected chi connectivity index (χ4v) is 1.45. The van der Waals surface area contributed by atoms with E-state index in [-0.39, 0.29) is 6.03 Å². The summed E-state index contributed by atoms with van der Waals surface area (Å²) in [5.74, 6) is -1.55. The third kappa shape index (κ3) is 5.37. The number of carbonyl (C=O) groups excluding carboxylic acids is 1. The van der Waals surface area contributed by atoms with E-state index in [2.05, 4.69) is 15.6 Å². The van der Waals surface area contributed by atoms with Gasteiger partial charge in [-0.3, -0.25) is 9.78 Å². The first-order valence-electron chi connectivity index (χ1n) is 6.17. The van der Waals surface area contributed by atoms with Gasteiger partial charge in [-0.25, -0.2) is 4.79 Å². The predicted octanol–water partition coefficient (Wildman–Crippen LogP) is 1.03. The van der Waals surface area contributed by atoms with E-state index in [4.69, 9.17) is 5.11 Å². The minimum absolute atomic E-state index is 0.364. The van der Waals surface area contributed by atoms with E-state index in [1.807, 2.05) is 18.2 Å². The van der Waals surface area contributed by atoms with Gasteiger partial charge in [-0.05, 0) is 26.0 Å². The van der Waals surface area contributed by atoms with Crippen molar-refractivity contribution in [1.29, 1.82) is 0 Å². The summed E-state index contributed by atoms with van der Waals surface area (Å²) in [6.45, 7) is 3.68. The zero-order chi connectivity index (χ0) is 14.3. The number of nitrogens with one attached hydrogen (secondary N) is 2. The van der Waals surface area contributed by atoms with E-state index >= 15 is 0 Å². The molecule has 0 saturated carbocycles. The summed E-state index contributed by atoms with van der Waals surface area (Å²) in [7, 11) is 0. The maximum absolute atomic E-state index is 11.5. The summed E-state index contributed by atoms with van der Waals surface area (Å²) in [5, 5.41) is 14.1. The number of hydrogen-bond acceptors (Lipinski definition) is 3. The SMILES string of the molecule is CC(NC(=O)NCCc1ccccn1)C(C)C(=O)O. The second-order valence-corrected chi connectivity index (χ2v) is 4.39. The topological polar surface area (TPSA) is 91.3 Å². The average molecular weight is 265 g/mol. The Bertz CT molecular complexity index is 422. The number of carbonyl (C=O) groups is 2. The fraction of sp³-hybridized carbons (Fsp3) is 0.462. The molecule has 6 nitrogen and oxygen atoms in total. The lowest BCUT2D eigenvalue weighted by Gasteiger charge is -2.18. The van der Waals surface area contributed by atoms with Gasteiger partial charge in [0.05, 0.1) is 5.92 Å². The molecule has 6 heteroatoms. The normalized spacial score (nSPS) is 13.4. The van der Waals surface area contributed by atoms with Crippen molar-refractivity contribution in [2.45, 2.75) is 26.3 Å². The van der Waals surface area contributed by atoms with Crippen LogP contribution < -0.4 is 10.6 Å². The third-order valence-electron chi connectivity index (χ3n) is 2.89. The molecule has 2 amide bonds. The number of hydrogen-bond donors (Lipinski definition) is 3. The fourth-order valence-electron chi connectivity index (χ4n) is 1.45. The molecule has 1 aromatic rings. The predicted molar refractivity (Wildman–Crippen MR) is 70.7 cm³/mol. The summed E-state index contributed by atoms with van der Waals surface area (Å²) in [4.78, 5) is 26.4. The Balaban J connectivity index is 2.26. The molecular weight excluding hydrogens is 246 g/mol. The molecule has 0 aromatic carbocycles. The van der Waals surface area contributed by atoms with Crippen LogP contribution in [0.3, 0.4) is 0 Å². The molecule has 19 heavy (non-hydrogen) atoms. The standard InChI is InChI=1S/C13H19N3O3/c1-9(12(17)18)10(2)16-13(19)15-8-6-11-5-3-4-7-14-11/h3-5,7,9-10H,6,8H2,1-2H3,(H,17,18)(H2,15,16,19). The molecule has 0 saturated heterocycles. The Morgan fingerprint density at radius 2 is 2.11 bits per heavy atom. The molecule has 0 aliphatic heterocycles. The van der Waals surface area contributed by atoms with Gasteiger partial charge in [0.25, 0.3) is 0 Å². The molecule has 2 unspecified atom stereocenters. The molecule has 0 aliphatic rings. The van der Waals surface area contributed by atoms with Crippen molar-refractivity contribution in [3.63, 3.8) is 0 Å². The first kappa shape index (κ1) is 14.9.